The Labute approximate surface area is 95.8 Å². The molecule has 0 fully saturated rings. The van der Waals surface area contributed by atoms with Crippen LogP contribution in [0.25, 0.3) is 0 Å². The number of hydrazine groups is 1. The van der Waals surface area contributed by atoms with Gasteiger partial charge in [0.2, 0.25) is 0 Å². The van der Waals surface area contributed by atoms with Gasteiger partial charge in [0.1, 0.15) is 0 Å². The maximum absolute atomic E-state index is 5.08. The minimum absolute atomic E-state index is 0.584. The van der Waals surface area contributed by atoms with Gasteiger partial charge in [0.15, 0.2) is 5.11 Å². The first-order chi connectivity index (χ1) is 7.24. The molecule has 0 bridgehead atoms. The SMILES string of the molecule is C=CCNC(=S)NN(C)c1ccccc1. The second kappa shape index (κ2) is 6.03. The normalized spacial score (nSPS) is 9.13. The molecule has 0 amide bonds. The fourth-order valence-electron chi connectivity index (χ4n) is 1.07. The van der Waals surface area contributed by atoms with E-state index in [4.69, 9.17) is 12.2 Å². The number of nitrogens with zero attached hydrogens (tertiary/aromatic N) is 1. The standard InChI is InChI=1S/C11H15N3S/c1-3-9-12-11(15)13-14(2)10-7-5-4-6-8-10/h3-8H,1,9H2,2H3,(H2,12,13,15). The molecule has 4 heteroatoms. The van der Waals surface area contributed by atoms with Crippen LogP contribution in [0.4, 0.5) is 5.69 Å². The molecule has 0 radical (unpaired) electrons. The molecule has 2 N–H and O–H groups in total. The summed E-state index contributed by atoms with van der Waals surface area (Å²) in [5.41, 5.74) is 4.09. The van der Waals surface area contributed by atoms with Crippen molar-refractivity contribution in [2.45, 2.75) is 0 Å². The molecular weight excluding hydrogens is 206 g/mol. The van der Waals surface area contributed by atoms with Gasteiger partial charge in [-0.05, 0) is 24.4 Å². The fraction of sp³-hybridized carbons (Fsp3) is 0.182. The van der Waals surface area contributed by atoms with Gasteiger partial charge in [0.05, 0.1) is 5.69 Å². The summed E-state index contributed by atoms with van der Waals surface area (Å²) in [5.74, 6) is 0. The molecule has 0 heterocycles. The summed E-state index contributed by atoms with van der Waals surface area (Å²) < 4.78 is 0. The van der Waals surface area contributed by atoms with Crippen molar-refractivity contribution in [3.8, 4) is 0 Å². The molecule has 1 aromatic carbocycles. The number of nitrogens with one attached hydrogen (secondary N) is 2. The summed E-state index contributed by atoms with van der Waals surface area (Å²) in [4.78, 5) is 0. The molecule has 15 heavy (non-hydrogen) atoms. The summed E-state index contributed by atoms with van der Waals surface area (Å²) in [7, 11) is 1.91. The molecule has 1 rings (SSSR count). The zero-order chi connectivity index (χ0) is 11.1. The third-order valence-corrected chi connectivity index (χ3v) is 2.06. The lowest BCUT2D eigenvalue weighted by molar-refractivity contribution is 0.847. The van der Waals surface area contributed by atoms with Gasteiger partial charge in [-0.2, -0.15) is 0 Å². The first-order valence-corrected chi connectivity index (χ1v) is 5.09. The highest BCUT2D eigenvalue weighted by molar-refractivity contribution is 7.80. The van der Waals surface area contributed by atoms with E-state index in [1.54, 1.807) is 6.08 Å². The first-order valence-electron chi connectivity index (χ1n) is 4.68. The molecule has 3 nitrogen and oxygen atoms in total. The van der Waals surface area contributed by atoms with E-state index in [9.17, 15) is 0 Å². The molecule has 0 saturated carbocycles. The van der Waals surface area contributed by atoms with E-state index >= 15 is 0 Å². The number of thiocarbonyl (C=S) groups is 1. The van der Waals surface area contributed by atoms with Crippen molar-refractivity contribution in [2.24, 2.45) is 0 Å². The van der Waals surface area contributed by atoms with Crippen molar-refractivity contribution in [3.05, 3.63) is 43.0 Å². The Balaban J connectivity index is 2.45. The van der Waals surface area contributed by atoms with Crippen molar-refractivity contribution in [1.29, 1.82) is 0 Å². The third kappa shape index (κ3) is 3.99. The van der Waals surface area contributed by atoms with Crippen LogP contribution >= 0.6 is 12.2 Å². The minimum atomic E-state index is 0.584. The molecule has 0 saturated heterocycles. The van der Waals surface area contributed by atoms with Gasteiger partial charge in [0, 0.05) is 13.6 Å². The zero-order valence-corrected chi connectivity index (χ0v) is 9.55. The van der Waals surface area contributed by atoms with Crippen LogP contribution in [0.2, 0.25) is 0 Å². The second-order valence-electron chi connectivity index (χ2n) is 3.01. The largest absolute Gasteiger partial charge is 0.358 e. The molecule has 0 atom stereocenters. The highest BCUT2D eigenvalue weighted by atomic mass is 32.1. The quantitative estimate of drug-likeness (QED) is 0.459. The molecule has 1 aromatic rings. The van der Waals surface area contributed by atoms with E-state index in [0.717, 1.165) is 5.69 Å². The van der Waals surface area contributed by atoms with Crippen molar-refractivity contribution < 1.29 is 0 Å². The van der Waals surface area contributed by atoms with Crippen molar-refractivity contribution in [3.63, 3.8) is 0 Å². The van der Waals surface area contributed by atoms with Crippen LogP contribution in [-0.4, -0.2) is 18.7 Å². The van der Waals surface area contributed by atoms with Crippen LogP contribution in [0.15, 0.2) is 43.0 Å². The molecule has 0 aliphatic carbocycles. The predicted molar refractivity (Wildman–Crippen MR) is 68.8 cm³/mol. The van der Waals surface area contributed by atoms with E-state index in [0.29, 0.717) is 11.7 Å². The first kappa shape index (κ1) is 11.5. The highest BCUT2D eigenvalue weighted by Gasteiger charge is 2.00. The number of hydrogen-bond donors (Lipinski definition) is 2. The van der Waals surface area contributed by atoms with Gasteiger partial charge in [-0.1, -0.05) is 24.3 Å². The summed E-state index contributed by atoms with van der Waals surface area (Å²) in [6, 6.07) is 9.94. The lowest BCUT2D eigenvalue weighted by Gasteiger charge is -2.21. The molecule has 0 aromatic heterocycles. The second-order valence-corrected chi connectivity index (χ2v) is 3.41. The zero-order valence-electron chi connectivity index (χ0n) is 8.73. The number of rotatable bonds is 4. The molecule has 0 unspecified atom stereocenters. The van der Waals surface area contributed by atoms with Crippen molar-refractivity contribution >= 4 is 23.0 Å². The van der Waals surface area contributed by atoms with Gasteiger partial charge < -0.3 is 5.32 Å². The molecule has 80 valence electrons. The Bertz CT molecular complexity index is 324. The summed E-state index contributed by atoms with van der Waals surface area (Å²) in [5, 5.41) is 5.44. The van der Waals surface area contributed by atoms with Gasteiger partial charge in [-0.3, -0.25) is 10.4 Å². The maximum Gasteiger partial charge on any atom is 0.185 e. The van der Waals surface area contributed by atoms with Gasteiger partial charge in [-0.25, -0.2) is 0 Å². The average Bonchev–Trinajstić information content (AvgIpc) is 2.27. The number of benzene rings is 1. The van der Waals surface area contributed by atoms with Gasteiger partial charge in [-0.15, -0.1) is 6.58 Å². The third-order valence-electron chi connectivity index (χ3n) is 1.82. The Kier molecular flexibility index (Phi) is 4.63. The molecule has 0 aliphatic heterocycles. The fourth-order valence-corrected chi connectivity index (χ4v) is 1.29. The summed E-state index contributed by atoms with van der Waals surface area (Å²) >= 11 is 5.08. The van der Waals surface area contributed by atoms with Gasteiger partial charge >= 0.3 is 0 Å². The Morgan fingerprint density at radius 1 is 1.47 bits per heavy atom. The Hall–Kier alpha value is -1.55. The number of para-hydroxylation sites is 1. The molecule has 0 aliphatic rings. The molecule has 0 spiro atoms. The van der Waals surface area contributed by atoms with Crippen LogP contribution in [0.3, 0.4) is 0 Å². The monoisotopic (exact) mass is 221 g/mol. The van der Waals surface area contributed by atoms with Crippen LogP contribution in [-0.2, 0) is 0 Å². The Morgan fingerprint density at radius 3 is 2.73 bits per heavy atom. The van der Waals surface area contributed by atoms with Crippen LogP contribution in [0, 0.1) is 0 Å². The summed E-state index contributed by atoms with van der Waals surface area (Å²) in [6.45, 7) is 4.27. The van der Waals surface area contributed by atoms with E-state index in [1.165, 1.54) is 0 Å². The van der Waals surface area contributed by atoms with E-state index in [1.807, 2.05) is 42.4 Å². The molecular formula is C11H15N3S. The maximum atomic E-state index is 5.08. The highest BCUT2D eigenvalue weighted by Crippen LogP contribution is 2.07. The summed E-state index contributed by atoms with van der Waals surface area (Å²) in [6.07, 6.45) is 1.76. The smallest absolute Gasteiger partial charge is 0.185 e. The van der Waals surface area contributed by atoms with Gasteiger partial charge in [0.25, 0.3) is 0 Å². The number of hydrogen-bond acceptors (Lipinski definition) is 2. The average molecular weight is 221 g/mol. The van der Waals surface area contributed by atoms with Crippen molar-refractivity contribution in [1.82, 2.24) is 10.7 Å². The lowest BCUT2D eigenvalue weighted by Crippen LogP contribution is -2.45. The predicted octanol–water partition coefficient (Wildman–Crippen LogP) is 1.69. The van der Waals surface area contributed by atoms with E-state index in [-0.39, 0.29) is 0 Å². The van der Waals surface area contributed by atoms with Crippen LogP contribution < -0.4 is 15.8 Å². The Morgan fingerprint density at radius 2 is 2.13 bits per heavy atom. The van der Waals surface area contributed by atoms with Crippen LogP contribution in [0.5, 0.6) is 0 Å². The van der Waals surface area contributed by atoms with Crippen LogP contribution in [0.1, 0.15) is 0 Å². The van der Waals surface area contributed by atoms with E-state index in [2.05, 4.69) is 17.3 Å². The lowest BCUT2D eigenvalue weighted by atomic mass is 10.3. The van der Waals surface area contributed by atoms with E-state index < -0.39 is 0 Å². The van der Waals surface area contributed by atoms with Crippen molar-refractivity contribution in [2.75, 3.05) is 18.6 Å². The number of anilines is 1. The topological polar surface area (TPSA) is 27.3 Å². The minimum Gasteiger partial charge on any atom is -0.358 e.